The summed E-state index contributed by atoms with van der Waals surface area (Å²) in [6, 6.07) is 16.6. The second-order valence-corrected chi connectivity index (χ2v) is 7.70. The van der Waals surface area contributed by atoms with Gasteiger partial charge in [-0.1, -0.05) is 50.2 Å². The van der Waals surface area contributed by atoms with E-state index in [-0.39, 0.29) is 22.9 Å². The minimum atomic E-state index is -0.813. The Morgan fingerprint density at radius 2 is 1.74 bits per heavy atom. The Morgan fingerprint density at radius 3 is 2.42 bits per heavy atom. The molecular weight excluding hydrogens is 395 g/mol. The second kappa shape index (κ2) is 8.19. The van der Waals surface area contributed by atoms with Crippen LogP contribution in [-0.4, -0.2) is 11.8 Å². The number of benzene rings is 3. The van der Waals surface area contributed by atoms with Crippen LogP contribution in [0.15, 0.2) is 66.4 Å². The van der Waals surface area contributed by atoms with Crippen molar-refractivity contribution < 1.29 is 23.5 Å². The molecule has 3 aromatic carbocycles. The lowest BCUT2D eigenvalue weighted by molar-refractivity contribution is 0.0728. The summed E-state index contributed by atoms with van der Waals surface area (Å²) in [4.78, 5) is 25.1. The van der Waals surface area contributed by atoms with Crippen molar-refractivity contribution in [1.82, 2.24) is 0 Å². The van der Waals surface area contributed by atoms with E-state index in [1.165, 1.54) is 29.8 Å². The molecular formula is C26H21FO4. The van der Waals surface area contributed by atoms with Gasteiger partial charge >= 0.3 is 5.97 Å². The number of ketones is 1. The zero-order valence-electron chi connectivity index (χ0n) is 17.4. The van der Waals surface area contributed by atoms with Crippen LogP contribution in [0.3, 0.4) is 0 Å². The van der Waals surface area contributed by atoms with E-state index in [9.17, 15) is 14.0 Å². The number of hydrogen-bond acceptors (Lipinski definition) is 4. The molecule has 0 aromatic heterocycles. The van der Waals surface area contributed by atoms with Gasteiger partial charge in [0.2, 0.25) is 5.78 Å². The molecule has 1 heterocycles. The molecule has 0 unspecified atom stereocenters. The number of carbonyl (C=O) groups excluding carboxylic acids is 2. The number of hydrogen-bond donors (Lipinski definition) is 0. The van der Waals surface area contributed by atoms with Crippen molar-refractivity contribution in [2.75, 3.05) is 0 Å². The van der Waals surface area contributed by atoms with Crippen molar-refractivity contribution >= 4 is 17.8 Å². The van der Waals surface area contributed by atoms with Gasteiger partial charge in [-0.25, -0.2) is 9.18 Å². The highest BCUT2D eigenvalue weighted by molar-refractivity contribution is 6.15. The third-order valence-corrected chi connectivity index (χ3v) is 5.23. The van der Waals surface area contributed by atoms with Crippen molar-refractivity contribution in [3.63, 3.8) is 0 Å². The van der Waals surface area contributed by atoms with E-state index >= 15 is 0 Å². The molecule has 0 saturated heterocycles. The molecule has 1 aliphatic rings. The lowest BCUT2D eigenvalue weighted by atomic mass is 10.0. The van der Waals surface area contributed by atoms with Gasteiger partial charge in [-0.2, -0.15) is 0 Å². The highest BCUT2D eigenvalue weighted by atomic mass is 19.1. The van der Waals surface area contributed by atoms with Crippen molar-refractivity contribution in [2.45, 2.75) is 26.7 Å². The van der Waals surface area contributed by atoms with Gasteiger partial charge in [0, 0.05) is 5.56 Å². The summed E-state index contributed by atoms with van der Waals surface area (Å²) >= 11 is 0. The van der Waals surface area contributed by atoms with Crippen LogP contribution in [-0.2, 0) is 0 Å². The highest BCUT2D eigenvalue weighted by Gasteiger charge is 2.30. The Bertz CT molecular complexity index is 1210. The van der Waals surface area contributed by atoms with Crippen LogP contribution in [0.25, 0.3) is 6.08 Å². The van der Waals surface area contributed by atoms with Crippen molar-refractivity contribution in [3.05, 3.63) is 100 Å². The maximum absolute atomic E-state index is 13.9. The SMILES string of the molecule is Cc1c(OC(=O)c2ccccc2F)ccc2c1O/C(=C\c1ccc(C(C)C)cc1)C2=O. The minimum Gasteiger partial charge on any atom is -0.452 e. The number of carbonyl (C=O) groups is 2. The van der Waals surface area contributed by atoms with E-state index in [1.807, 2.05) is 24.3 Å². The largest absolute Gasteiger partial charge is 0.452 e. The predicted molar refractivity (Wildman–Crippen MR) is 116 cm³/mol. The summed E-state index contributed by atoms with van der Waals surface area (Å²) in [5.41, 5.74) is 2.79. The third-order valence-electron chi connectivity index (χ3n) is 5.23. The number of fused-ring (bicyclic) bond motifs is 1. The first-order valence-electron chi connectivity index (χ1n) is 9.99. The summed E-state index contributed by atoms with van der Waals surface area (Å²) in [5.74, 6) is -0.538. The average molecular weight is 416 g/mol. The topological polar surface area (TPSA) is 52.6 Å². The fourth-order valence-corrected chi connectivity index (χ4v) is 3.39. The molecule has 0 spiro atoms. The molecule has 0 aliphatic carbocycles. The molecule has 156 valence electrons. The number of halogens is 1. The fraction of sp³-hybridized carbons (Fsp3) is 0.154. The summed E-state index contributed by atoms with van der Waals surface area (Å²) in [6.45, 7) is 5.93. The molecule has 0 radical (unpaired) electrons. The molecule has 3 aromatic rings. The molecule has 0 saturated carbocycles. The Balaban J connectivity index is 1.59. The van der Waals surface area contributed by atoms with E-state index in [2.05, 4.69) is 13.8 Å². The van der Waals surface area contributed by atoms with Gasteiger partial charge in [0.05, 0.1) is 11.1 Å². The molecule has 0 amide bonds. The zero-order valence-corrected chi connectivity index (χ0v) is 17.4. The number of ether oxygens (including phenoxy) is 2. The summed E-state index contributed by atoms with van der Waals surface area (Å²) in [7, 11) is 0. The number of allylic oxidation sites excluding steroid dienone is 1. The van der Waals surface area contributed by atoms with Gasteiger partial charge in [0.1, 0.15) is 17.3 Å². The maximum atomic E-state index is 13.9. The first-order valence-corrected chi connectivity index (χ1v) is 9.99. The van der Waals surface area contributed by atoms with Crippen molar-refractivity contribution in [2.24, 2.45) is 0 Å². The summed E-state index contributed by atoms with van der Waals surface area (Å²) < 4.78 is 25.1. The lowest BCUT2D eigenvalue weighted by Gasteiger charge is -2.10. The van der Waals surface area contributed by atoms with Gasteiger partial charge in [-0.05, 0) is 54.3 Å². The van der Waals surface area contributed by atoms with Gasteiger partial charge in [0.25, 0.3) is 0 Å². The molecule has 0 fully saturated rings. The first-order chi connectivity index (χ1) is 14.8. The number of rotatable bonds is 4. The van der Waals surface area contributed by atoms with E-state index in [4.69, 9.17) is 9.47 Å². The molecule has 5 heteroatoms. The van der Waals surface area contributed by atoms with Crippen LogP contribution in [0.2, 0.25) is 0 Å². The van der Waals surface area contributed by atoms with Crippen molar-refractivity contribution in [1.29, 1.82) is 0 Å². The monoisotopic (exact) mass is 416 g/mol. The van der Waals surface area contributed by atoms with Crippen LogP contribution < -0.4 is 9.47 Å². The predicted octanol–water partition coefficient (Wildman–Crippen LogP) is 6.09. The normalized spacial score (nSPS) is 14.0. The summed E-state index contributed by atoms with van der Waals surface area (Å²) in [6.07, 6.45) is 1.69. The molecule has 31 heavy (non-hydrogen) atoms. The lowest BCUT2D eigenvalue weighted by Crippen LogP contribution is -2.11. The Hall–Kier alpha value is -3.73. The average Bonchev–Trinajstić information content (AvgIpc) is 3.07. The van der Waals surface area contributed by atoms with Crippen LogP contribution in [0, 0.1) is 12.7 Å². The quantitative estimate of drug-likeness (QED) is 0.293. The maximum Gasteiger partial charge on any atom is 0.346 e. The molecule has 1 aliphatic heterocycles. The van der Waals surface area contributed by atoms with Gasteiger partial charge in [-0.3, -0.25) is 4.79 Å². The summed E-state index contributed by atoms with van der Waals surface area (Å²) in [5, 5.41) is 0. The number of esters is 1. The third kappa shape index (κ3) is 3.99. The highest BCUT2D eigenvalue weighted by Crippen LogP contribution is 2.39. The molecule has 4 rings (SSSR count). The van der Waals surface area contributed by atoms with Gasteiger partial charge in [0.15, 0.2) is 5.76 Å². The molecule has 4 nitrogen and oxygen atoms in total. The van der Waals surface area contributed by atoms with E-state index in [0.717, 1.165) is 5.56 Å². The second-order valence-electron chi connectivity index (χ2n) is 7.70. The van der Waals surface area contributed by atoms with E-state index in [0.29, 0.717) is 22.8 Å². The number of Topliss-reactive ketones (excluding diaryl/α,β-unsaturated/α-hetero) is 1. The van der Waals surface area contributed by atoms with Crippen LogP contribution in [0.4, 0.5) is 4.39 Å². The van der Waals surface area contributed by atoms with Crippen LogP contribution in [0.5, 0.6) is 11.5 Å². The van der Waals surface area contributed by atoms with Crippen molar-refractivity contribution in [3.8, 4) is 11.5 Å². The van der Waals surface area contributed by atoms with E-state index < -0.39 is 11.8 Å². The zero-order chi connectivity index (χ0) is 22.1. The minimum absolute atomic E-state index is 0.162. The standard InChI is InChI=1S/C26H21FO4/c1-15(2)18-10-8-17(9-11-18)14-23-24(28)20-12-13-22(16(3)25(20)30-23)31-26(29)19-6-4-5-7-21(19)27/h4-15H,1-3H3/b23-14-. The van der Waals surface area contributed by atoms with E-state index in [1.54, 1.807) is 25.1 Å². The molecule has 0 bridgehead atoms. The molecule has 0 atom stereocenters. The fourth-order valence-electron chi connectivity index (χ4n) is 3.39. The first kappa shape index (κ1) is 20.5. The smallest absolute Gasteiger partial charge is 0.346 e. The molecule has 0 N–H and O–H groups in total. The Morgan fingerprint density at radius 1 is 1.03 bits per heavy atom. The Kier molecular flexibility index (Phi) is 5.42. The Labute approximate surface area is 179 Å². The van der Waals surface area contributed by atoms with Gasteiger partial charge < -0.3 is 9.47 Å². The van der Waals surface area contributed by atoms with Crippen LogP contribution in [0.1, 0.15) is 57.2 Å². The van der Waals surface area contributed by atoms with Crippen LogP contribution >= 0.6 is 0 Å². The van der Waals surface area contributed by atoms with Gasteiger partial charge in [-0.15, -0.1) is 0 Å².